The van der Waals surface area contributed by atoms with Gasteiger partial charge >= 0.3 is 0 Å². The van der Waals surface area contributed by atoms with Crippen LogP contribution in [0.1, 0.15) is 70.4 Å². The molecule has 5 rings (SSSR count). The molecule has 3 saturated carbocycles. The minimum Gasteiger partial charge on any atom is -0.393 e. The second-order valence-corrected chi connectivity index (χ2v) is 10.8. The van der Waals surface area contributed by atoms with E-state index in [1.807, 2.05) is 6.08 Å². The van der Waals surface area contributed by atoms with Crippen LogP contribution >= 0.6 is 11.3 Å². The highest BCUT2D eigenvalue weighted by molar-refractivity contribution is 7.13. The highest BCUT2D eigenvalue weighted by Crippen LogP contribution is 2.68. The summed E-state index contributed by atoms with van der Waals surface area (Å²) >= 11 is 1.53. The van der Waals surface area contributed by atoms with Gasteiger partial charge in [0.1, 0.15) is 0 Å². The quantitative estimate of drug-likeness (QED) is 0.754. The Bertz CT molecular complexity index is 817. The number of aliphatic hydroxyl groups excluding tert-OH is 1. The number of carbonyl (C=O) groups is 1. The van der Waals surface area contributed by atoms with Crippen molar-refractivity contribution in [2.75, 3.05) is 5.73 Å². The number of thiazole rings is 1. The Labute approximate surface area is 165 Å². The third-order valence-electron chi connectivity index (χ3n) is 8.79. The average Bonchev–Trinajstić information content (AvgIpc) is 3.17. The van der Waals surface area contributed by atoms with Gasteiger partial charge < -0.3 is 10.8 Å². The number of carbonyl (C=O) groups excluding carboxylic acids is 1. The van der Waals surface area contributed by atoms with Gasteiger partial charge in [0.05, 0.1) is 11.8 Å². The number of allylic oxidation sites excluding steroid dienone is 1. The lowest BCUT2D eigenvalue weighted by molar-refractivity contribution is -0.129. The van der Waals surface area contributed by atoms with E-state index < -0.39 is 0 Å². The highest BCUT2D eigenvalue weighted by atomic mass is 32.1. The van der Waals surface area contributed by atoms with Crippen molar-refractivity contribution in [1.29, 1.82) is 0 Å². The van der Waals surface area contributed by atoms with E-state index in [4.69, 9.17) is 5.73 Å². The van der Waals surface area contributed by atoms with Crippen molar-refractivity contribution in [2.45, 2.75) is 70.8 Å². The number of aromatic nitrogens is 1. The fraction of sp³-hybridized carbons (Fsp3) is 0.727. The van der Waals surface area contributed by atoms with Gasteiger partial charge in [-0.1, -0.05) is 19.4 Å². The summed E-state index contributed by atoms with van der Waals surface area (Å²) in [6, 6.07) is 0. The predicted molar refractivity (Wildman–Crippen MR) is 107 cm³/mol. The monoisotopic (exact) mass is 386 g/mol. The molecule has 1 heterocycles. The van der Waals surface area contributed by atoms with E-state index in [9.17, 15) is 9.90 Å². The van der Waals surface area contributed by atoms with Crippen LogP contribution in [-0.4, -0.2) is 22.0 Å². The molecular weight excluding hydrogens is 356 g/mol. The number of rotatable bonds is 1. The molecular formula is C22H30N2O2S. The molecule has 1 aromatic rings. The Balaban J connectivity index is 1.51. The summed E-state index contributed by atoms with van der Waals surface area (Å²) in [6.07, 6.45) is 8.52. The van der Waals surface area contributed by atoms with Gasteiger partial charge in [0.2, 0.25) is 0 Å². The molecule has 0 bridgehead atoms. The lowest BCUT2D eigenvalue weighted by Crippen LogP contribution is -2.56. The van der Waals surface area contributed by atoms with Crippen LogP contribution < -0.4 is 5.73 Å². The van der Waals surface area contributed by atoms with Gasteiger partial charge in [-0.25, -0.2) is 4.98 Å². The van der Waals surface area contributed by atoms with Crippen LogP contribution in [0.4, 0.5) is 5.13 Å². The van der Waals surface area contributed by atoms with Gasteiger partial charge in [-0.15, -0.1) is 11.3 Å². The van der Waals surface area contributed by atoms with Gasteiger partial charge in [-0.05, 0) is 73.2 Å². The Kier molecular flexibility index (Phi) is 3.90. The summed E-state index contributed by atoms with van der Waals surface area (Å²) in [4.78, 5) is 16.6. The molecule has 0 aliphatic heterocycles. The second kappa shape index (κ2) is 5.90. The predicted octanol–water partition coefficient (Wildman–Crippen LogP) is 4.31. The van der Waals surface area contributed by atoms with Gasteiger partial charge in [-0.3, -0.25) is 4.79 Å². The molecule has 4 aliphatic rings. The van der Waals surface area contributed by atoms with Gasteiger partial charge in [0.25, 0.3) is 0 Å². The number of hydrogen-bond donors (Lipinski definition) is 2. The first-order chi connectivity index (χ1) is 12.8. The topological polar surface area (TPSA) is 76.2 Å². The molecule has 4 unspecified atom stereocenters. The second-order valence-electron chi connectivity index (χ2n) is 9.91. The first-order valence-electron chi connectivity index (χ1n) is 10.5. The minimum absolute atomic E-state index is 0.000713. The molecule has 0 saturated heterocycles. The number of nitrogens with zero attached hydrogens (tertiary/aromatic N) is 1. The third kappa shape index (κ3) is 2.43. The van der Waals surface area contributed by atoms with E-state index in [0.717, 1.165) is 37.8 Å². The fourth-order valence-corrected chi connectivity index (χ4v) is 8.25. The van der Waals surface area contributed by atoms with Crippen molar-refractivity contribution in [3.8, 4) is 0 Å². The van der Waals surface area contributed by atoms with E-state index in [1.165, 1.54) is 23.3 Å². The van der Waals surface area contributed by atoms with Crippen LogP contribution in [-0.2, 0) is 4.79 Å². The molecule has 0 amide bonds. The zero-order chi connectivity index (χ0) is 19.0. The molecule has 5 heteroatoms. The molecule has 0 radical (unpaired) electrons. The van der Waals surface area contributed by atoms with Crippen LogP contribution in [0.15, 0.2) is 17.0 Å². The smallest absolute Gasteiger partial charge is 0.180 e. The molecule has 0 aromatic carbocycles. The summed E-state index contributed by atoms with van der Waals surface area (Å²) in [5, 5.41) is 14.2. The maximum Gasteiger partial charge on any atom is 0.180 e. The van der Waals surface area contributed by atoms with Crippen molar-refractivity contribution in [1.82, 2.24) is 4.98 Å². The molecule has 4 nitrogen and oxygen atoms in total. The number of anilines is 1. The van der Waals surface area contributed by atoms with E-state index in [0.29, 0.717) is 35.2 Å². The molecule has 146 valence electrons. The number of aliphatic hydroxyl groups is 1. The molecule has 1 aromatic heterocycles. The average molecular weight is 387 g/mol. The Morgan fingerprint density at radius 2 is 2.07 bits per heavy atom. The normalized spacial score (nSPS) is 46.4. The van der Waals surface area contributed by atoms with Crippen LogP contribution in [0.3, 0.4) is 0 Å². The number of nitrogens with two attached hydrogens (primary N) is 1. The van der Waals surface area contributed by atoms with Crippen molar-refractivity contribution in [3.63, 3.8) is 0 Å². The van der Waals surface area contributed by atoms with Crippen molar-refractivity contribution in [2.24, 2.45) is 28.6 Å². The van der Waals surface area contributed by atoms with Gasteiger partial charge in [-0.2, -0.15) is 0 Å². The molecule has 3 N–H and O–H groups in total. The van der Waals surface area contributed by atoms with Crippen LogP contribution in [0.2, 0.25) is 0 Å². The summed E-state index contributed by atoms with van der Waals surface area (Å²) in [5.74, 6) is 2.16. The fourth-order valence-electron chi connectivity index (χ4n) is 7.63. The molecule has 0 spiro atoms. The van der Waals surface area contributed by atoms with Crippen LogP contribution in [0.25, 0.3) is 0 Å². The van der Waals surface area contributed by atoms with Gasteiger partial charge in [0, 0.05) is 17.7 Å². The summed E-state index contributed by atoms with van der Waals surface area (Å²) in [6.45, 7) is 4.71. The molecule has 27 heavy (non-hydrogen) atoms. The lowest BCUT2D eigenvalue weighted by atomic mass is 9.46. The van der Waals surface area contributed by atoms with E-state index in [2.05, 4.69) is 24.2 Å². The minimum atomic E-state index is -0.297. The van der Waals surface area contributed by atoms with Crippen molar-refractivity contribution >= 4 is 22.3 Å². The number of ketones is 1. The van der Waals surface area contributed by atoms with Gasteiger partial charge in [0.15, 0.2) is 10.9 Å². The number of nitrogen functional groups attached to an aromatic ring is 1. The van der Waals surface area contributed by atoms with Crippen LogP contribution in [0, 0.1) is 28.6 Å². The standard InChI is InChI=1S/C22H30N2O2S/c1-21-8-7-13(25)9-12(21)3-4-14-15-5-6-16(17-11-27-20(23)24-17)22(15,2)10-18(26)19(14)21/h9,11,14-16,18-19,26H,3-8,10H2,1-2H3,(H2,23,24)/t14?,15?,16?,18-,19?,21-,22-/m0/s1. The first kappa shape index (κ1) is 17.9. The molecule has 3 fully saturated rings. The zero-order valence-corrected chi connectivity index (χ0v) is 17.1. The lowest BCUT2D eigenvalue weighted by Gasteiger charge is -2.59. The van der Waals surface area contributed by atoms with E-state index >= 15 is 0 Å². The summed E-state index contributed by atoms with van der Waals surface area (Å²) < 4.78 is 0. The molecule has 4 aliphatic carbocycles. The van der Waals surface area contributed by atoms with Crippen LogP contribution in [0.5, 0.6) is 0 Å². The van der Waals surface area contributed by atoms with E-state index in [1.54, 1.807) is 0 Å². The van der Waals surface area contributed by atoms with Crippen molar-refractivity contribution in [3.05, 3.63) is 22.7 Å². The Hall–Kier alpha value is -1.20. The zero-order valence-electron chi connectivity index (χ0n) is 16.3. The number of fused-ring (bicyclic) bond motifs is 5. The molecule has 7 atom stereocenters. The van der Waals surface area contributed by atoms with E-state index in [-0.39, 0.29) is 22.7 Å². The largest absolute Gasteiger partial charge is 0.393 e. The maximum atomic E-state index is 12.0. The first-order valence-corrected chi connectivity index (χ1v) is 11.3. The maximum absolute atomic E-state index is 12.0. The number of hydrogen-bond acceptors (Lipinski definition) is 5. The third-order valence-corrected chi connectivity index (χ3v) is 9.48. The highest BCUT2D eigenvalue weighted by Gasteiger charge is 2.62. The SMILES string of the molecule is C[C@]12C[C@H](O)C3C(CCC4=CC(=O)CC[C@@]43C)C1CCC2c1csc(N)n1. The summed E-state index contributed by atoms with van der Waals surface area (Å²) in [7, 11) is 0. The Morgan fingerprint density at radius 3 is 2.81 bits per heavy atom. The van der Waals surface area contributed by atoms with Crippen molar-refractivity contribution < 1.29 is 9.90 Å². The Morgan fingerprint density at radius 1 is 1.26 bits per heavy atom. The summed E-state index contributed by atoms with van der Waals surface area (Å²) in [5.41, 5.74) is 8.47.